The third kappa shape index (κ3) is 2.58. The Hall–Kier alpha value is -1.55. The van der Waals surface area contributed by atoms with E-state index in [0.717, 1.165) is 12.8 Å². The second-order valence-corrected chi connectivity index (χ2v) is 4.10. The average Bonchev–Trinajstić information content (AvgIpc) is 2.83. The van der Waals surface area contributed by atoms with Crippen molar-refractivity contribution in [3.05, 3.63) is 24.3 Å². The maximum absolute atomic E-state index is 12.2. The molecule has 0 radical (unpaired) electrons. The summed E-state index contributed by atoms with van der Waals surface area (Å²) in [5.41, 5.74) is 0.716. The summed E-state index contributed by atoms with van der Waals surface area (Å²) in [6.45, 7) is 3.15. The van der Waals surface area contributed by atoms with Crippen LogP contribution in [-0.4, -0.2) is 30.3 Å². The summed E-state index contributed by atoms with van der Waals surface area (Å²) in [6.07, 6.45) is 1.40. The zero-order valence-electron chi connectivity index (χ0n) is 9.93. The molecule has 1 saturated heterocycles. The second-order valence-electron chi connectivity index (χ2n) is 4.10. The molecule has 0 bridgehead atoms. The van der Waals surface area contributed by atoms with E-state index < -0.39 is 0 Å². The fourth-order valence-corrected chi connectivity index (χ4v) is 2.07. The van der Waals surface area contributed by atoms with Crippen LogP contribution in [0.15, 0.2) is 24.3 Å². The number of rotatable bonds is 3. The molecule has 92 valence electrons. The fraction of sp³-hybridized carbons (Fsp3) is 0.462. The number of anilines is 1. The number of phenolic OH excluding ortho intramolecular Hbond substituents is 1. The van der Waals surface area contributed by atoms with Gasteiger partial charge in [0.25, 0.3) is 5.91 Å². The number of aromatic hydroxyl groups is 1. The lowest BCUT2D eigenvalue weighted by Gasteiger charge is -2.24. The topological polar surface area (TPSA) is 49.8 Å². The third-order valence-electron chi connectivity index (χ3n) is 2.93. The van der Waals surface area contributed by atoms with Crippen LogP contribution in [0.25, 0.3) is 0 Å². The Labute approximate surface area is 101 Å². The van der Waals surface area contributed by atoms with Gasteiger partial charge in [0.15, 0.2) is 0 Å². The highest BCUT2D eigenvalue weighted by Crippen LogP contribution is 2.23. The Morgan fingerprint density at radius 3 is 3.00 bits per heavy atom. The van der Waals surface area contributed by atoms with E-state index in [1.807, 2.05) is 13.0 Å². The summed E-state index contributed by atoms with van der Waals surface area (Å²) in [4.78, 5) is 13.9. The number of nitrogens with zero attached hydrogens (tertiary/aromatic N) is 1. The van der Waals surface area contributed by atoms with Crippen molar-refractivity contribution in [2.45, 2.75) is 25.9 Å². The maximum Gasteiger partial charge on any atom is 0.256 e. The monoisotopic (exact) mass is 235 g/mol. The molecule has 1 unspecified atom stereocenters. The zero-order valence-corrected chi connectivity index (χ0v) is 9.93. The van der Waals surface area contributed by atoms with Gasteiger partial charge in [-0.25, -0.2) is 0 Å². The Bertz CT molecular complexity index is 399. The maximum atomic E-state index is 12.2. The number of benzene rings is 1. The van der Waals surface area contributed by atoms with Gasteiger partial charge in [-0.15, -0.1) is 0 Å². The molecule has 1 amide bonds. The number of phenols is 1. The first-order chi connectivity index (χ1) is 8.22. The lowest BCUT2D eigenvalue weighted by Crippen LogP contribution is -2.38. The van der Waals surface area contributed by atoms with Crippen molar-refractivity contribution in [3.63, 3.8) is 0 Å². The quantitative estimate of drug-likeness (QED) is 0.870. The van der Waals surface area contributed by atoms with Gasteiger partial charge in [0.05, 0.1) is 0 Å². The normalized spacial score (nSPS) is 19.2. The largest absolute Gasteiger partial charge is 0.508 e. The lowest BCUT2D eigenvalue weighted by molar-refractivity contribution is -0.127. The van der Waals surface area contributed by atoms with Crippen LogP contribution in [0.1, 0.15) is 19.8 Å². The predicted octanol–water partition coefficient (Wildman–Crippen LogP) is 1.92. The van der Waals surface area contributed by atoms with Gasteiger partial charge < -0.3 is 14.7 Å². The van der Waals surface area contributed by atoms with E-state index >= 15 is 0 Å². The van der Waals surface area contributed by atoms with E-state index in [1.165, 1.54) is 0 Å². The Morgan fingerprint density at radius 1 is 1.59 bits per heavy atom. The number of ether oxygens (including phenoxy) is 1. The van der Waals surface area contributed by atoms with Crippen LogP contribution in [0.5, 0.6) is 5.75 Å². The van der Waals surface area contributed by atoms with Gasteiger partial charge in [0.2, 0.25) is 0 Å². The predicted molar refractivity (Wildman–Crippen MR) is 65.1 cm³/mol. The number of likely N-dealkylation sites (N-methyl/N-ethyl adjacent to an activating group) is 1. The summed E-state index contributed by atoms with van der Waals surface area (Å²) < 4.78 is 5.40. The molecule has 17 heavy (non-hydrogen) atoms. The summed E-state index contributed by atoms with van der Waals surface area (Å²) >= 11 is 0. The minimum atomic E-state index is -0.322. The highest BCUT2D eigenvalue weighted by molar-refractivity contribution is 5.96. The summed E-state index contributed by atoms with van der Waals surface area (Å²) in [5, 5.41) is 9.44. The van der Waals surface area contributed by atoms with Gasteiger partial charge in [-0.05, 0) is 31.9 Å². The summed E-state index contributed by atoms with van der Waals surface area (Å²) in [6, 6.07) is 6.73. The van der Waals surface area contributed by atoms with E-state index in [-0.39, 0.29) is 17.8 Å². The number of hydrogen-bond acceptors (Lipinski definition) is 3. The van der Waals surface area contributed by atoms with Crippen molar-refractivity contribution >= 4 is 11.6 Å². The van der Waals surface area contributed by atoms with Crippen LogP contribution in [0.4, 0.5) is 5.69 Å². The van der Waals surface area contributed by atoms with Gasteiger partial charge in [0.1, 0.15) is 11.9 Å². The van der Waals surface area contributed by atoms with Gasteiger partial charge in [-0.3, -0.25) is 4.79 Å². The number of carbonyl (C=O) groups excluding carboxylic acids is 1. The van der Waals surface area contributed by atoms with Crippen LogP contribution >= 0.6 is 0 Å². The minimum Gasteiger partial charge on any atom is -0.508 e. The van der Waals surface area contributed by atoms with Crippen molar-refractivity contribution in [2.75, 3.05) is 18.1 Å². The zero-order chi connectivity index (χ0) is 12.3. The van der Waals surface area contributed by atoms with E-state index in [4.69, 9.17) is 4.74 Å². The third-order valence-corrected chi connectivity index (χ3v) is 2.93. The van der Waals surface area contributed by atoms with Crippen LogP contribution in [0.3, 0.4) is 0 Å². The van der Waals surface area contributed by atoms with Crippen LogP contribution in [0, 0.1) is 0 Å². The first kappa shape index (κ1) is 11.9. The Balaban J connectivity index is 2.17. The molecule has 0 spiro atoms. The minimum absolute atomic E-state index is 0.0180. The molecule has 1 aliphatic rings. The molecule has 1 atom stereocenters. The molecular formula is C13H17NO3. The standard InChI is InChI=1S/C13H17NO3/c1-2-14(10-5-3-6-11(15)9-10)13(16)12-7-4-8-17-12/h3,5-6,9,12,15H,2,4,7-8H2,1H3. The number of amides is 1. The van der Waals surface area contributed by atoms with Crippen LogP contribution in [-0.2, 0) is 9.53 Å². The smallest absolute Gasteiger partial charge is 0.256 e. The van der Waals surface area contributed by atoms with E-state index in [9.17, 15) is 9.90 Å². The van der Waals surface area contributed by atoms with Gasteiger partial charge in [-0.1, -0.05) is 6.07 Å². The highest BCUT2D eigenvalue weighted by atomic mass is 16.5. The first-order valence-corrected chi connectivity index (χ1v) is 5.94. The molecule has 0 aliphatic carbocycles. The summed E-state index contributed by atoms with van der Waals surface area (Å²) in [5.74, 6) is 0.150. The molecule has 1 aromatic carbocycles. The van der Waals surface area contributed by atoms with Crippen molar-refractivity contribution in [2.24, 2.45) is 0 Å². The first-order valence-electron chi connectivity index (χ1n) is 5.94. The SMILES string of the molecule is CCN(C(=O)C1CCCO1)c1cccc(O)c1. The van der Waals surface area contributed by atoms with E-state index in [0.29, 0.717) is 18.8 Å². The molecule has 1 aromatic rings. The molecule has 0 saturated carbocycles. The van der Waals surface area contributed by atoms with Crippen LogP contribution in [0.2, 0.25) is 0 Å². The molecule has 0 aromatic heterocycles. The molecule has 1 fully saturated rings. The van der Waals surface area contributed by atoms with Gasteiger partial charge in [0, 0.05) is 24.9 Å². The van der Waals surface area contributed by atoms with Gasteiger partial charge >= 0.3 is 0 Å². The molecule has 1 heterocycles. The molecule has 4 nitrogen and oxygen atoms in total. The Kier molecular flexibility index (Phi) is 3.64. The lowest BCUT2D eigenvalue weighted by atomic mass is 10.2. The molecule has 4 heteroatoms. The second kappa shape index (κ2) is 5.19. The van der Waals surface area contributed by atoms with Crippen molar-refractivity contribution in [1.82, 2.24) is 0 Å². The van der Waals surface area contributed by atoms with Gasteiger partial charge in [-0.2, -0.15) is 0 Å². The molecule has 1 N–H and O–H groups in total. The Morgan fingerprint density at radius 2 is 2.41 bits per heavy atom. The molecular weight excluding hydrogens is 218 g/mol. The average molecular weight is 235 g/mol. The fourth-order valence-electron chi connectivity index (χ4n) is 2.07. The summed E-state index contributed by atoms with van der Waals surface area (Å²) in [7, 11) is 0. The molecule has 1 aliphatic heterocycles. The van der Waals surface area contributed by atoms with Crippen molar-refractivity contribution in [3.8, 4) is 5.75 Å². The van der Waals surface area contributed by atoms with E-state index in [1.54, 1.807) is 23.1 Å². The van der Waals surface area contributed by atoms with Crippen molar-refractivity contribution < 1.29 is 14.6 Å². The molecule has 2 rings (SSSR count). The highest BCUT2D eigenvalue weighted by Gasteiger charge is 2.28. The number of hydrogen-bond donors (Lipinski definition) is 1. The number of carbonyl (C=O) groups is 1. The van der Waals surface area contributed by atoms with E-state index in [2.05, 4.69) is 0 Å². The van der Waals surface area contributed by atoms with Crippen LogP contribution < -0.4 is 4.90 Å². The van der Waals surface area contributed by atoms with Crippen molar-refractivity contribution in [1.29, 1.82) is 0 Å².